The van der Waals surface area contributed by atoms with Gasteiger partial charge in [-0.05, 0) is 18.4 Å². The number of nitrogens with two attached hydrogens (primary N) is 3. The van der Waals surface area contributed by atoms with Crippen LogP contribution in [0.25, 0.3) is 0 Å². The second-order valence-electron chi connectivity index (χ2n) is 4.51. The average Bonchev–Trinajstić information content (AvgIpc) is 2.44. The number of carbonyl (C=O) groups excluding carboxylic acids is 2. The number of hydrogen-bond donors (Lipinski definition) is 3. The Morgan fingerprint density at radius 3 is 2.39 bits per heavy atom. The maximum Gasteiger partial charge on any atom is 1.00 e. The van der Waals surface area contributed by atoms with Gasteiger partial charge in [-0.15, -0.1) is 12.4 Å². The van der Waals surface area contributed by atoms with Gasteiger partial charge in [-0.2, -0.15) is 0 Å². The van der Waals surface area contributed by atoms with Crippen LogP contribution in [0.2, 0.25) is 0 Å². The zero-order valence-corrected chi connectivity index (χ0v) is 15.9. The first-order valence-electron chi connectivity index (χ1n) is 6.58. The van der Waals surface area contributed by atoms with Crippen molar-refractivity contribution in [1.29, 1.82) is 0 Å². The molecular formula is C14H22ClN4NaO3. The maximum atomic E-state index is 11.6. The number of rotatable bonds is 7. The van der Waals surface area contributed by atoms with Gasteiger partial charge in [-0.25, -0.2) is 4.79 Å². The summed E-state index contributed by atoms with van der Waals surface area (Å²) in [5, 5.41) is 0. The smallest absolute Gasteiger partial charge is 1.00 e. The van der Waals surface area contributed by atoms with E-state index in [0.29, 0.717) is 19.4 Å². The molecule has 0 aromatic heterocycles. The fourth-order valence-corrected chi connectivity index (χ4v) is 1.62. The van der Waals surface area contributed by atoms with Gasteiger partial charge in [0, 0.05) is 6.54 Å². The van der Waals surface area contributed by atoms with Crippen molar-refractivity contribution in [2.45, 2.75) is 25.3 Å². The van der Waals surface area contributed by atoms with Crippen LogP contribution in [-0.4, -0.2) is 30.5 Å². The Bertz CT molecular complexity index is 516. The molecule has 0 saturated carbocycles. The molecule has 1 atom stereocenters. The van der Waals surface area contributed by atoms with E-state index in [4.69, 9.17) is 21.9 Å². The van der Waals surface area contributed by atoms with Gasteiger partial charge in [-0.3, -0.25) is 9.79 Å². The molecular weight excluding hydrogens is 331 g/mol. The number of aliphatic imine (C=N–C) groups is 1. The average molecular weight is 353 g/mol. The molecule has 7 nitrogen and oxygen atoms in total. The Morgan fingerprint density at radius 1 is 1.22 bits per heavy atom. The van der Waals surface area contributed by atoms with E-state index in [1.54, 1.807) is 24.3 Å². The topological polar surface area (TPSA) is 134 Å². The number of esters is 2. The monoisotopic (exact) mass is 352 g/mol. The van der Waals surface area contributed by atoms with Gasteiger partial charge in [0.05, 0.1) is 6.42 Å². The van der Waals surface area contributed by atoms with Crippen molar-refractivity contribution in [2.75, 3.05) is 6.54 Å². The quantitative estimate of drug-likeness (QED) is 0.121. The molecule has 1 aromatic rings. The predicted octanol–water partition coefficient (Wildman–Crippen LogP) is -2.78. The van der Waals surface area contributed by atoms with Crippen molar-refractivity contribution in [3.8, 4) is 0 Å². The van der Waals surface area contributed by atoms with Crippen molar-refractivity contribution >= 4 is 30.3 Å². The van der Waals surface area contributed by atoms with Gasteiger partial charge in [-0.1, -0.05) is 30.3 Å². The van der Waals surface area contributed by atoms with Crippen LogP contribution in [0.4, 0.5) is 0 Å². The molecule has 0 radical (unpaired) electrons. The Kier molecular flexibility index (Phi) is 14.0. The van der Waals surface area contributed by atoms with E-state index < -0.39 is 18.0 Å². The second kappa shape index (κ2) is 13.3. The summed E-state index contributed by atoms with van der Waals surface area (Å²) in [6, 6.07) is 8.15. The molecule has 0 aliphatic carbocycles. The molecule has 0 spiro atoms. The molecule has 0 amide bonds. The molecule has 124 valence electrons. The number of ether oxygens (including phenoxy) is 1. The summed E-state index contributed by atoms with van der Waals surface area (Å²) in [6.45, 7) is 0.376. The SMILES string of the molecule is Cl.NC(N)=NCCC[C@H](N)C(=O)OC(=O)Cc1ccccc1.[H-].[Na+]. The predicted molar refractivity (Wildman–Crippen MR) is 87.5 cm³/mol. The molecule has 0 unspecified atom stereocenters. The summed E-state index contributed by atoms with van der Waals surface area (Å²) in [7, 11) is 0. The molecule has 0 fully saturated rings. The van der Waals surface area contributed by atoms with Crippen molar-refractivity contribution in [2.24, 2.45) is 22.2 Å². The first kappa shape index (κ1) is 24.1. The summed E-state index contributed by atoms with van der Waals surface area (Å²) in [6.07, 6.45) is 0.905. The van der Waals surface area contributed by atoms with E-state index >= 15 is 0 Å². The minimum absolute atomic E-state index is 0. The fraction of sp³-hybridized carbons (Fsp3) is 0.357. The van der Waals surface area contributed by atoms with Crippen LogP contribution in [-0.2, 0) is 20.7 Å². The molecule has 1 rings (SSSR count). The standard InChI is InChI=1S/C14H20N4O3.ClH.Na.H/c15-11(7-4-8-18-14(16)17)13(20)21-12(19)9-10-5-2-1-3-6-10;;;/h1-3,5-6,11H,4,7-9,15H2,(H4,16,17,18);1H;;/q;;+1;-1/t11-;;;/m0.../s1. The third kappa shape index (κ3) is 11.1. The van der Waals surface area contributed by atoms with E-state index in [1.165, 1.54) is 0 Å². The minimum Gasteiger partial charge on any atom is -1.00 e. The van der Waals surface area contributed by atoms with Gasteiger partial charge < -0.3 is 23.4 Å². The van der Waals surface area contributed by atoms with E-state index in [-0.39, 0.29) is 55.8 Å². The molecule has 1 aromatic carbocycles. The van der Waals surface area contributed by atoms with Gasteiger partial charge in [0.2, 0.25) is 0 Å². The Morgan fingerprint density at radius 2 is 1.83 bits per heavy atom. The van der Waals surface area contributed by atoms with Crippen LogP contribution in [0.5, 0.6) is 0 Å². The van der Waals surface area contributed by atoms with Crippen LogP contribution in [0.1, 0.15) is 19.8 Å². The largest absolute Gasteiger partial charge is 1.00 e. The van der Waals surface area contributed by atoms with Crippen LogP contribution in [0.3, 0.4) is 0 Å². The second-order valence-corrected chi connectivity index (χ2v) is 4.51. The zero-order chi connectivity index (χ0) is 15.7. The number of carbonyl (C=O) groups is 2. The summed E-state index contributed by atoms with van der Waals surface area (Å²) in [5.74, 6) is -1.37. The van der Waals surface area contributed by atoms with Crippen molar-refractivity contribution in [1.82, 2.24) is 0 Å². The van der Waals surface area contributed by atoms with Crippen molar-refractivity contribution in [3.05, 3.63) is 35.9 Å². The molecule has 6 N–H and O–H groups in total. The van der Waals surface area contributed by atoms with Crippen LogP contribution in [0.15, 0.2) is 35.3 Å². The first-order chi connectivity index (χ1) is 9.99. The summed E-state index contributed by atoms with van der Waals surface area (Å²) in [5.41, 5.74) is 16.7. The van der Waals surface area contributed by atoms with E-state index in [1.807, 2.05) is 6.07 Å². The molecule has 0 bridgehead atoms. The minimum atomic E-state index is -0.862. The molecule has 0 heterocycles. The van der Waals surface area contributed by atoms with Crippen LogP contribution in [0, 0.1) is 0 Å². The fourth-order valence-electron chi connectivity index (χ4n) is 1.62. The molecule has 0 aliphatic rings. The number of nitrogens with zero attached hydrogens (tertiary/aromatic N) is 1. The third-order valence-corrected chi connectivity index (χ3v) is 2.68. The number of halogens is 1. The first-order valence-corrected chi connectivity index (χ1v) is 6.58. The Hall–Kier alpha value is -1.12. The van der Waals surface area contributed by atoms with Gasteiger partial charge in [0.25, 0.3) is 0 Å². The third-order valence-electron chi connectivity index (χ3n) is 2.68. The van der Waals surface area contributed by atoms with Crippen molar-refractivity contribution < 1.29 is 45.3 Å². The number of guanidine groups is 1. The van der Waals surface area contributed by atoms with E-state index in [0.717, 1.165) is 5.56 Å². The van der Waals surface area contributed by atoms with Gasteiger partial charge >= 0.3 is 41.5 Å². The molecule has 9 heteroatoms. The van der Waals surface area contributed by atoms with Crippen LogP contribution < -0.4 is 46.8 Å². The number of hydrogen-bond acceptors (Lipinski definition) is 5. The van der Waals surface area contributed by atoms with Crippen molar-refractivity contribution in [3.63, 3.8) is 0 Å². The summed E-state index contributed by atoms with van der Waals surface area (Å²) in [4.78, 5) is 27.0. The Balaban J connectivity index is -0.00000147. The van der Waals surface area contributed by atoms with E-state index in [2.05, 4.69) is 4.99 Å². The number of benzene rings is 1. The van der Waals surface area contributed by atoms with Gasteiger partial charge in [0.15, 0.2) is 5.96 Å². The summed E-state index contributed by atoms with van der Waals surface area (Å²) < 4.78 is 4.71. The molecule has 0 aliphatic heterocycles. The van der Waals surface area contributed by atoms with E-state index in [9.17, 15) is 9.59 Å². The Labute approximate surface area is 165 Å². The van der Waals surface area contributed by atoms with Crippen LogP contribution >= 0.6 is 12.4 Å². The summed E-state index contributed by atoms with van der Waals surface area (Å²) >= 11 is 0. The molecule has 23 heavy (non-hydrogen) atoms. The zero-order valence-electron chi connectivity index (χ0n) is 14.1. The van der Waals surface area contributed by atoms with Gasteiger partial charge in [0.1, 0.15) is 6.04 Å². The normalized spacial score (nSPS) is 10.5. The maximum absolute atomic E-state index is 11.6. The molecule has 0 saturated heterocycles.